The number of carbonyl (C=O) groups is 2. The molecule has 1 heterocycles. The predicted octanol–water partition coefficient (Wildman–Crippen LogP) is 3.39. The Kier molecular flexibility index (Phi) is 4.70. The molecule has 0 saturated carbocycles. The molecule has 21 heavy (non-hydrogen) atoms. The molecule has 0 aliphatic carbocycles. The molecule has 2 rings (SSSR count). The molecule has 0 fully saturated rings. The first-order valence-corrected chi connectivity index (χ1v) is 7.33. The van der Waals surface area contributed by atoms with E-state index in [-0.39, 0.29) is 17.8 Å². The molecule has 5 nitrogen and oxygen atoms in total. The molecule has 2 aromatic rings. The van der Waals surface area contributed by atoms with Gasteiger partial charge in [-0.25, -0.2) is 4.98 Å². The number of ether oxygens (including phenoxy) is 1. The number of anilines is 1. The molecule has 0 atom stereocenters. The van der Waals surface area contributed by atoms with Gasteiger partial charge in [0.1, 0.15) is 5.75 Å². The Morgan fingerprint density at radius 1 is 1.29 bits per heavy atom. The van der Waals surface area contributed by atoms with Crippen molar-refractivity contribution in [1.29, 1.82) is 0 Å². The van der Waals surface area contributed by atoms with E-state index in [2.05, 4.69) is 10.3 Å². The second-order valence-electron chi connectivity index (χ2n) is 4.70. The largest absolute Gasteiger partial charge is 0.490 e. The standard InChI is InChI=1S/C15H16N2O3S/c1-9(2)20-12-7-5-4-6-11(12)14(19)17-15-16-8-13(21-15)10(3)18/h4-9H,1-3H3,(H,16,17,19). The average Bonchev–Trinajstić information content (AvgIpc) is 2.87. The summed E-state index contributed by atoms with van der Waals surface area (Å²) in [6, 6.07) is 7.01. The maximum atomic E-state index is 12.3. The van der Waals surface area contributed by atoms with Crippen LogP contribution in [0.2, 0.25) is 0 Å². The lowest BCUT2D eigenvalue weighted by Crippen LogP contribution is -2.15. The van der Waals surface area contributed by atoms with Crippen molar-refractivity contribution >= 4 is 28.2 Å². The van der Waals surface area contributed by atoms with E-state index in [4.69, 9.17) is 4.74 Å². The Morgan fingerprint density at radius 2 is 2.00 bits per heavy atom. The fourth-order valence-corrected chi connectivity index (χ4v) is 2.38. The Bertz CT molecular complexity index is 664. The van der Waals surface area contributed by atoms with Gasteiger partial charge < -0.3 is 4.74 Å². The van der Waals surface area contributed by atoms with Crippen molar-refractivity contribution in [3.8, 4) is 5.75 Å². The topological polar surface area (TPSA) is 68.3 Å². The third-order valence-corrected chi connectivity index (χ3v) is 3.58. The summed E-state index contributed by atoms with van der Waals surface area (Å²) in [6.45, 7) is 5.26. The number of hydrogen-bond donors (Lipinski definition) is 1. The highest BCUT2D eigenvalue weighted by molar-refractivity contribution is 7.17. The first-order chi connectivity index (χ1) is 9.97. The number of hydrogen-bond acceptors (Lipinski definition) is 5. The number of ketones is 1. The zero-order valence-corrected chi connectivity index (χ0v) is 12.9. The Morgan fingerprint density at radius 3 is 2.62 bits per heavy atom. The van der Waals surface area contributed by atoms with E-state index in [1.807, 2.05) is 19.9 Å². The van der Waals surface area contributed by atoms with E-state index in [0.29, 0.717) is 21.3 Å². The van der Waals surface area contributed by atoms with E-state index in [1.165, 1.54) is 13.1 Å². The van der Waals surface area contributed by atoms with E-state index < -0.39 is 0 Å². The third kappa shape index (κ3) is 3.88. The summed E-state index contributed by atoms with van der Waals surface area (Å²) in [5.41, 5.74) is 0.436. The Balaban J connectivity index is 2.18. The molecule has 1 N–H and O–H groups in total. The van der Waals surface area contributed by atoms with Crippen LogP contribution in [-0.2, 0) is 0 Å². The number of thiazole rings is 1. The first-order valence-electron chi connectivity index (χ1n) is 6.51. The minimum atomic E-state index is -0.310. The minimum Gasteiger partial charge on any atom is -0.490 e. The number of carbonyl (C=O) groups excluding carboxylic acids is 2. The zero-order chi connectivity index (χ0) is 15.4. The third-order valence-electron chi connectivity index (χ3n) is 2.57. The summed E-state index contributed by atoms with van der Waals surface area (Å²) in [5, 5.41) is 3.08. The second-order valence-corrected chi connectivity index (χ2v) is 5.73. The summed E-state index contributed by atoms with van der Waals surface area (Å²) < 4.78 is 5.62. The zero-order valence-electron chi connectivity index (χ0n) is 12.0. The van der Waals surface area contributed by atoms with Crippen molar-refractivity contribution in [2.45, 2.75) is 26.9 Å². The molecule has 0 unspecified atom stereocenters. The Labute approximate surface area is 127 Å². The van der Waals surface area contributed by atoms with Crippen LogP contribution < -0.4 is 10.1 Å². The highest BCUT2D eigenvalue weighted by Gasteiger charge is 2.15. The van der Waals surface area contributed by atoms with Crippen molar-refractivity contribution in [1.82, 2.24) is 4.98 Å². The second kappa shape index (κ2) is 6.49. The van der Waals surface area contributed by atoms with Gasteiger partial charge in [0, 0.05) is 6.92 Å². The van der Waals surface area contributed by atoms with Crippen molar-refractivity contribution in [2.24, 2.45) is 0 Å². The van der Waals surface area contributed by atoms with Gasteiger partial charge in [0.2, 0.25) is 0 Å². The van der Waals surface area contributed by atoms with Crippen LogP contribution in [0.3, 0.4) is 0 Å². The average molecular weight is 304 g/mol. The summed E-state index contributed by atoms with van der Waals surface area (Å²) in [6.07, 6.45) is 1.43. The van der Waals surface area contributed by atoms with Crippen LogP contribution in [0.15, 0.2) is 30.5 Å². The van der Waals surface area contributed by atoms with Crippen LogP contribution in [-0.4, -0.2) is 22.8 Å². The molecular formula is C15H16N2O3S. The molecule has 0 saturated heterocycles. The molecule has 0 bridgehead atoms. The number of benzene rings is 1. The van der Waals surface area contributed by atoms with Crippen LogP contribution in [0.5, 0.6) is 5.75 Å². The van der Waals surface area contributed by atoms with E-state index in [0.717, 1.165) is 11.3 Å². The van der Waals surface area contributed by atoms with Crippen molar-refractivity contribution in [3.63, 3.8) is 0 Å². The summed E-state index contributed by atoms with van der Waals surface area (Å²) in [7, 11) is 0. The minimum absolute atomic E-state index is 0.0249. The smallest absolute Gasteiger partial charge is 0.261 e. The first kappa shape index (κ1) is 15.2. The summed E-state index contributed by atoms with van der Waals surface area (Å²) in [5.74, 6) is 0.139. The highest BCUT2D eigenvalue weighted by Crippen LogP contribution is 2.23. The maximum Gasteiger partial charge on any atom is 0.261 e. The lowest BCUT2D eigenvalue weighted by atomic mass is 10.2. The van der Waals surface area contributed by atoms with Gasteiger partial charge in [0.05, 0.1) is 22.7 Å². The van der Waals surface area contributed by atoms with E-state index in [9.17, 15) is 9.59 Å². The van der Waals surface area contributed by atoms with E-state index >= 15 is 0 Å². The fourth-order valence-electron chi connectivity index (χ4n) is 1.67. The van der Waals surface area contributed by atoms with E-state index in [1.54, 1.807) is 18.2 Å². The van der Waals surface area contributed by atoms with Crippen LogP contribution in [0.1, 0.15) is 40.8 Å². The summed E-state index contributed by atoms with van der Waals surface area (Å²) in [4.78, 5) is 28.0. The molecule has 6 heteroatoms. The van der Waals surface area contributed by atoms with Crippen molar-refractivity contribution in [2.75, 3.05) is 5.32 Å². The normalized spacial score (nSPS) is 10.5. The number of nitrogens with one attached hydrogen (secondary N) is 1. The molecule has 1 aromatic carbocycles. The SMILES string of the molecule is CC(=O)c1cnc(NC(=O)c2ccccc2OC(C)C)s1. The van der Waals surface area contributed by atoms with Crippen LogP contribution >= 0.6 is 11.3 Å². The maximum absolute atomic E-state index is 12.3. The number of rotatable bonds is 5. The van der Waals surface area contributed by atoms with Gasteiger partial charge in [0.15, 0.2) is 10.9 Å². The number of amides is 1. The van der Waals surface area contributed by atoms with Gasteiger partial charge in [-0.15, -0.1) is 0 Å². The van der Waals surface area contributed by atoms with Gasteiger partial charge in [-0.2, -0.15) is 0 Å². The molecule has 0 aliphatic heterocycles. The molecule has 1 aromatic heterocycles. The summed E-state index contributed by atoms with van der Waals surface area (Å²) >= 11 is 1.15. The van der Waals surface area contributed by atoms with Gasteiger partial charge in [0.25, 0.3) is 5.91 Å². The van der Waals surface area contributed by atoms with Crippen molar-refractivity contribution in [3.05, 3.63) is 40.9 Å². The van der Waals surface area contributed by atoms with Crippen molar-refractivity contribution < 1.29 is 14.3 Å². The molecule has 0 radical (unpaired) electrons. The van der Waals surface area contributed by atoms with Gasteiger partial charge >= 0.3 is 0 Å². The molecule has 1 amide bonds. The lowest BCUT2D eigenvalue weighted by Gasteiger charge is -2.13. The quantitative estimate of drug-likeness (QED) is 0.860. The predicted molar refractivity (Wildman–Crippen MR) is 82.3 cm³/mol. The van der Waals surface area contributed by atoms with Crippen LogP contribution in [0, 0.1) is 0 Å². The Hall–Kier alpha value is -2.21. The van der Waals surface area contributed by atoms with Gasteiger partial charge in [-0.3, -0.25) is 14.9 Å². The molecular weight excluding hydrogens is 288 g/mol. The fraction of sp³-hybridized carbons (Fsp3) is 0.267. The van der Waals surface area contributed by atoms with Crippen LogP contribution in [0.4, 0.5) is 5.13 Å². The van der Waals surface area contributed by atoms with Gasteiger partial charge in [-0.1, -0.05) is 23.5 Å². The number of aromatic nitrogens is 1. The monoisotopic (exact) mass is 304 g/mol. The molecule has 110 valence electrons. The molecule has 0 spiro atoms. The highest BCUT2D eigenvalue weighted by atomic mass is 32.1. The molecule has 0 aliphatic rings. The number of nitrogens with zero attached hydrogens (tertiary/aromatic N) is 1. The van der Waals surface area contributed by atoms with Crippen LogP contribution in [0.25, 0.3) is 0 Å². The lowest BCUT2D eigenvalue weighted by molar-refractivity contribution is 0.101. The van der Waals surface area contributed by atoms with Gasteiger partial charge in [-0.05, 0) is 26.0 Å². The number of Topliss-reactive ketones (excluding diaryl/α,β-unsaturated/α-hetero) is 1. The number of para-hydroxylation sites is 1.